The predicted molar refractivity (Wildman–Crippen MR) is 33.6 cm³/mol. The van der Waals surface area contributed by atoms with Gasteiger partial charge in [0.1, 0.15) is 0 Å². The molecule has 1 fully saturated rings. The molecule has 42 valence electrons. The topological polar surface area (TPSA) is 9.23 Å². The normalized spacial score (nSPS) is 33.0. The summed E-state index contributed by atoms with van der Waals surface area (Å²) in [4.78, 5) is 0. The molecule has 0 radical (unpaired) electrons. The summed E-state index contributed by atoms with van der Waals surface area (Å²) in [6.45, 7) is 1.93. The maximum Gasteiger partial charge on any atom is 0.0528 e. The van der Waals surface area contributed by atoms with Crippen LogP contribution in [0.1, 0.15) is 12.8 Å². The SMILES string of the molecule is PC1CCCOC1. The Bertz CT molecular complexity index is 50.0. The van der Waals surface area contributed by atoms with E-state index in [1.54, 1.807) is 0 Å². The van der Waals surface area contributed by atoms with Gasteiger partial charge in [-0.05, 0) is 18.5 Å². The zero-order chi connectivity index (χ0) is 5.11. The molecule has 1 aliphatic heterocycles. The molecule has 0 saturated carbocycles. The quantitative estimate of drug-likeness (QED) is 0.432. The molecule has 7 heavy (non-hydrogen) atoms. The second-order valence-corrected chi connectivity index (χ2v) is 2.92. The lowest BCUT2D eigenvalue weighted by atomic mass is 10.2. The highest BCUT2D eigenvalue weighted by molar-refractivity contribution is 7.17. The molecule has 2 unspecified atom stereocenters. The van der Waals surface area contributed by atoms with Gasteiger partial charge in [0.2, 0.25) is 0 Å². The van der Waals surface area contributed by atoms with Crippen LogP contribution < -0.4 is 0 Å². The van der Waals surface area contributed by atoms with Crippen molar-refractivity contribution in [1.82, 2.24) is 0 Å². The molecule has 2 atom stereocenters. The summed E-state index contributed by atoms with van der Waals surface area (Å²) in [6.07, 6.45) is 2.57. The van der Waals surface area contributed by atoms with E-state index in [0.717, 1.165) is 18.9 Å². The third-order valence-corrected chi connectivity index (χ3v) is 1.72. The van der Waals surface area contributed by atoms with Crippen molar-refractivity contribution < 1.29 is 4.74 Å². The summed E-state index contributed by atoms with van der Waals surface area (Å²) in [5.41, 5.74) is 0.730. The van der Waals surface area contributed by atoms with Crippen LogP contribution >= 0.6 is 9.24 Å². The van der Waals surface area contributed by atoms with Crippen molar-refractivity contribution in [3.05, 3.63) is 0 Å². The van der Waals surface area contributed by atoms with Gasteiger partial charge >= 0.3 is 0 Å². The number of rotatable bonds is 0. The van der Waals surface area contributed by atoms with Gasteiger partial charge in [-0.25, -0.2) is 0 Å². The van der Waals surface area contributed by atoms with Gasteiger partial charge in [0, 0.05) is 6.61 Å². The molecule has 0 aromatic rings. The predicted octanol–water partition coefficient (Wildman–Crippen LogP) is 1.04. The van der Waals surface area contributed by atoms with Crippen molar-refractivity contribution in [2.75, 3.05) is 13.2 Å². The minimum Gasteiger partial charge on any atom is -0.381 e. The number of ether oxygens (including phenoxy) is 1. The maximum absolute atomic E-state index is 5.16. The lowest BCUT2D eigenvalue weighted by Crippen LogP contribution is -2.15. The van der Waals surface area contributed by atoms with Gasteiger partial charge in [-0.3, -0.25) is 0 Å². The van der Waals surface area contributed by atoms with E-state index in [-0.39, 0.29) is 0 Å². The molecule has 0 aliphatic carbocycles. The van der Waals surface area contributed by atoms with Crippen molar-refractivity contribution in [1.29, 1.82) is 0 Å². The molecule has 0 N–H and O–H groups in total. The Morgan fingerprint density at radius 1 is 1.57 bits per heavy atom. The van der Waals surface area contributed by atoms with E-state index in [1.807, 2.05) is 0 Å². The van der Waals surface area contributed by atoms with Crippen molar-refractivity contribution in [2.45, 2.75) is 18.5 Å². The fourth-order valence-corrected chi connectivity index (χ4v) is 1.14. The van der Waals surface area contributed by atoms with E-state index in [9.17, 15) is 0 Å². The van der Waals surface area contributed by atoms with Crippen LogP contribution in [-0.4, -0.2) is 18.9 Å². The first kappa shape index (κ1) is 5.53. The Balaban J connectivity index is 2.12. The summed E-state index contributed by atoms with van der Waals surface area (Å²) < 4.78 is 5.16. The molecule has 0 amide bonds. The molecule has 0 bridgehead atoms. The van der Waals surface area contributed by atoms with Crippen LogP contribution in [0.5, 0.6) is 0 Å². The molecular formula is C5H11OP. The lowest BCUT2D eigenvalue weighted by molar-refractivity contribution is 0.101. The zero-order valence-electron chi connectivity index (χ0n) is 4.39. The van der Waals surface area contributed by atoms with Gasteiger partial charge < -0.3 is 4.74 Å². The Morgan fingerprint density at radius 3 is 2.71 bits per heavy atom. The smallest absolute Gasteiger partial charge is 0.0528 e. The fourth-order valence-electron chi connectivity index (χ4n) is 0.766. The summed E-state index contributed by atoms with van der Waals surface area (Å²) in [5.74, 6) is 0. The molecule has 0 spiro atoms. The number of hydrogen-bond donors (Lipinski definition) is 0. The Kier molecular flexibility index (Phi) is 2.08. The minimum absolute atomic E-state index is 0.730. The average Bonchev–Trinajstić information content (AvgIpc) is 1.69. The van der Waals surface area contributed by atoms with E-state index < -0.39 is 0 Å². The summed E-state index contributed by atoms with van der Waals surface area (Å²) in [6, 6.07) is 0. The van der Waals surface area contributed by atoms with Crippen LogP contribution in [0, 0.1) is 0 Å². The Labute approximate surface area is 46.6 Å². The van der Waals surface area contributed by atoms with Crippen LogP contribution in [-0.2, 0) is 4.74 Å². The van der Waals surface area contributed by atoms with E-state index in [2.05, 4.69) is 9.24 Å². The molecule has 1 saturated heterocycles. The monoisotopic (exact) mass is 118 g/mol. The van der Waals surface area contributed by atoms with Crippen molar-refractivity contribution in [3.8, 4) is 0 Å². The van der Waals surface area contributed by atoms with Crippen LogP contribution in [0.2, 0.25) is 0 Å². The Morgan fingerprint density at radius 2 is 2.43 bits per heavy atom. The van der Waals surface area contributed by atoms with Gasteiger partial charge in [-0.15, -0.1) is 9.24 Å². The first-order chi connectivity index (χ1) is 3.39. The van der Waals surface area contributed by atoms with Gasteiger partial charge in [-0.1, -0.05) is 0 Å². The first-order valence-electron chi connectivity index (χ1n) is 2.73. The largest absolute Gasteiger partial charge is 0.381 e. The van der Waals surface area contributed by atoms with Crippen LogP contribution in [0.15, 0.2) is 0 Å². The molecule has 1 aliphatic rings. The average molecular weight is 118 g/mol. The first-order valence-corrected chi connectivity index (χ1v) is 3.39. The fraction of sp³-hybridized carbons (Fsp3) is 1.00. The zero-order valence-corrected chi connectivity index (χ0v) is 5.55. The highest BCUT2D eigenvalue weighted by Crippen LogP contribution is 2.13. The van der Waals surface area contributed by atoms with Gasteiger partial charge in [-0.2, -0.15) is 0 Å². The van der Waals surface area contributed by atoms with E-state index in [4.69, 9.17) is 4.74 Å². The van der Waals surface area contributed by atoms with Gasteiger partial charge in [0.25, 0.3) is 0 Å². The van der Waals surface area contributed by atoms with Crippen LogP contribution in [0.3, 0.4) is 0 Å². The van der Waals surface area contributed by atoms with Crippen molar-refractivity contribution in [3.63, 3.8) is 0 Å². The highest BCUT2D eigenvalue weighted by Gasteiger charge is 2.06. The van der Waals surface area contributed by atoms with Gasteiger partial charge in [0.15, 0.2) is 0 Å². The number of hydrogen-bond acceptors (Lipinski definition) is 1. The summed E-state index contributed by atoms with van der Waals surface area (Å²) >= 11 is 0. The van der Waals surface area contributed by atoms with Crippen molar-refractivity contribution in [2.24, 2.45) is 0 Å². The molecule has 1 rings (SSSR count). The lowest BCUT2D eigenvalue weighted by Gasteiger charge is -2.16. The standard InChI is InChI=1S/C5H11OP/c7-5-2-1-3-6-4-5/h5H,1-4,7H2. The molecule has 1 nitrogen and oxygen atoms in total. The van der Waals surface area contributed by atoms with Crippen LogP contribution in [0.4, 0.5) is 0 Å². The molecule has 1 heterocycles. The van der Waals surface area contributed by atoms with E-state index in [0.29, 0.717) is 0 Å². The minimum atomic E-state index is 0.730. The van der Waals surface area contributed by atoms with Gasteiger partial charge in [0.05, 0.1) is 6.61 Å². The molecular weight excluding hydrogens is 107 g/mol. The summed E-state index contributed by atoms with van der Waals surface area (Å²) in [5, 5.41) is 0. The third-order valence-electron chi connectivity index (χ3n) is 1.20. The Hall–Kier alpha value is 0.390. The van der Waals surface area contributed by atoms with Crippen LogP contribution in [0.25, 0.3) is 0 Å². The second kappa shape index (κ2) is 2.64. The third kappa shape index (κ3) is 1.75. The molecule has 0 aromatic heterocycles. The van der Waals surface area contributed by atoms with Crippen molar-refractivity contribution >= 4 is 9.24 Å². The summed E-state index contributed by atoms with van der Waals surface area (Å²) in [7, 11) is 2.78. The van der Waals surface area contributed by atoms with E-state index in [1.165, 1.54) is 12.8 Å². The molecule has 0 aromatic carbocycles. The maximum atomic E-state index is 5.16. The van der Waals surface area contributed by atoms with E-state index >= 15 is 0 Å². The second-order valence-electron chi connectivity index (χ2n) is 1.98. The highest BCUT2D eigenvalue weighted by atomic mass is 31.0. The molecule has 2 heteroatoms.